The van der Waals surface area contributed by atoms with E-state index in [1.165, 1.54) is 141 Å². The zero-order valence-corrected chi connectivity index (χ0v) is 46.6. The molecule has 0 aromatic heterocycles. The van der Waals surface area contributed by atoms with Gasteiger partial charge in [0.2, 0.25) is 0 Å². The van der Waals surface area contributed by atoms with Gasteiger partial charge in [-0.1, -0.05) is 217 Å². The zero-order valence-electron chi connectivity index (χ0n) is 46.6. The molecule has 14 heteroatoms. The highest BCUT2D eigenvalue weighted by Crippen LogP contribution is 2.27. The minimum absolute atomic E-state index is 0.0594. The van der Waals surface area contributed by atoms with Crippen LogP contribution < -0.4 is 0 Å². The summed E-state index contributed by atoms with van der Waals surface area (Å²) in [5.74, 6) is -0.384. The first-order valence-corrected chi connectivity index (χ1v) is 30.1. The van der Waals surface area contributed by atoms with E-state index >= 15 is 0 Å². The molecule has 2 heterocycles. The first kappa shape index (κ1) is 68.3. The summed E-state index contributed by atoms with van der Waals surface area (Å²) in [4.78, 5) is 13.1. The van der Waals surface area contributed by atoms with Crippen LogP contribution in [-0.4, -0.2) is 142 Å². The molecule has 0 spiro atoms. The van der Waals surface area contributed by atoms with Crippen LogP contribution in [0.5, 0.6) is 0 Å². The van der Waals surface area contributed by atoms with E-state index in [9.17, 15) is 40.5 Å². The zero-order chi connectivity index (χ0) is 53.7. The van der Waals surface area contributed by atoms with E-state index in [-0.39, 0.29) is 25.6 Å². The van der Waals surface area contributed by atoms with Gasteiger partial charge in [-0.2, -0.15) is 0 Å². The smallest absolute Gasteiger partial charge is 0.306 e. The van der Waals surface area contributed by atoms with Crippen molar-refractivity contribution in [3.63, 3.8) is 0 Å². The van der Waals surface area contributed by atoms with Crippen molar-refractivity contribution >= 4 is 5.97 Å². The second kappa shape index (κ2) is 47.2. The number of hydrogen-bond donors (Lipinski definition) is 7. The van der Waals surface area contributed by atoms with Crippen LogP contribution in [-0.2, 0) is 33.2 Å². The second-order valence-corrected chi connectivity index (χ2v) is 21.2. The summed E-state index contributed by atoms with van der Waals surface area (Å²) < 4.78 is 34.4. The standard InChI is InChI=1S/C60H110O14/c1-3-5-7-9-11-13-15-17-19-21-23-24-26-28-30-32-34-36-38-40-42-44-69-46-49(72-52(62)43-41-39-37-35-33-31-29-27-25-22-20-18-16-14-12-10-8-6-4-2)47-70-59-58(68)56(66)54(64)51(74-59)48-71-60-57(67)55(65)53(63)50(45-61)73-60/h12,14,18,20,25,27,49-51,53-61,63-68H,3-11,13,15-17,19,21-24,26,28-48H2,1-2H3/b14-12-,20-18-,27-25-. The highest BCUT2D eigenvalue weighted by molar-refractivity contribution is 5.69. The number of esters is 1. The van der Waals surface area contributed by atoms with E-state index in [4.69, 9.17) is 28.4 Å². The van der Waals surface area contributed by atoms with Crippen LogP contribution in [0.25, 0.3) is 0 Å². The van der Waals surface area contributed by atoms with Gasteiger partial charge >= 0.3 is 5.97 Å². The van der Waals surface area contributed by atoms with Crippen molar-refractivity contribution in [3.05, 3.63) is 36.5 Å². The summed E-state index contributed by atoms with van der Waals surface area (Å²) in [5, 5.41) is 72.4. The molecule has 2 aliphatic rings. The number of hydrogen-bond acceptors (Lipinski definition) is 14. The largest absolute Gasteiger partial charge is 0.457 e. The van der Waals surface area contributed by atoms with Crippen LogP contribution >= 0.6 is 0 Å². The maximum absolute atomic E-state index is 13.1. The molecule has 14 nitrogen and oxygen atoms in total. The van der Waals surface area contributed by atoms with Crippen LogP contribution in [0.15, 0.2) is 36.5 Å². The van der Waals surface area contributed by atoms with E-state index in [1.54, 1.807) is 0 Å². The van der Waals surface area contributed by atoms with Crippen molar-refractivity contribution in [2.75, 3.05) is 33.0 Å². The Hall–Kier alpha value is -1.79. The minimum atomic E-state index is -1.71. The number of ether oxygens (including phenoxy) is 6. The second-order valence-electron chi connectivity index (χ2n) is 21.2. The van der Waals surface area contributed by atoms with Crippen molar-refractivity contribution in [1.82, 2.24) is 0 Å². The number of unbranched alkanes of at least 4 members (excludes halogenated alkanes) is 29. The normalized spacial score (nSPS) is 25.0. The fourth-order valence-electron chi connectivity index (χ4n) is 9.53. The van der Waals surface area contributed by atoms with E-state index < -0.39 is 80.7 Å². The summed E-state index contributed by atoms with van der Waals surface area (Å²) in [6.07, 6.45) is 39.2. The average Bonchev–Trinajstić information content (AvgIpc) is 3.40. The lowest BCUT2D eigenvalue weighted by Gasteiger charge is -2.42. The van der Waals surface area contributed by atoms with E-state index in [0.717, 1.165) is 70.6 Å². The Kier molecular flexibility index (Phi) is 43.6. The summed E-state index contributed by atoms with van der Waals surface area (Å²) in [7, 11) is 0. The predicted molar refractivity (Wildman–Crippen MR) is 293 cm³/mol. The molecular weight excluding hydrogens is 945 g/mol. The lowest BCUT2D eigenvalue weighted by molar-refractivity contribution is -0.332. The molecule has 0 aromatic carbocycles. The topological polar surface area (TPSA) is 214 Å². The Balaban J connectivity index is 1.71. The Bertz CT molecular complexity index is 1360. The molecule has 0 radical (unpaired) electrons. The quantitative estimate of drug-likeness (QED) is 0.0172. The van der Waals surface area contributed by atoms with Crippen LogP contribution in [0.2, 0.25) is 0 Å². The summed E-state index contributed by atoms with van der Waals surface area (Å²) >= 11 is 0. The molecule has 74 heavy (non-hydrogen) atoms. The molecule has 0 aliphatic carbocycles. The predicted octanol–water partition coefficient (Wildman–Crippen LogP) is 10.9. The summed E-state index contributed by atoms with van der Waals surface area (Å²) in [5.41, 5.74) is 0. The number of rotatable bonds is 49. The van der Waals surface area contributed by atoms with Crippen LogP contribution in [0.4, 0.5) is 0 Å². The lowest BCUT2D eigenvalue weighted by Crippen LogP contribution is -2.61. The van der Waals surface area contributed by atoms with Crippen molar-refractivity contribution in [2.24, 2.45) is 0 Å². The Morgan fingerprint density at radius 2 is 0.838 bits per heavy atom. The van der Waals surface area contributed by atoms with Gasteiger partial charge in [0.25, 0.3) is 0 Å². The highest BCUT2D eigenvalue weighted by atomic mass is 16.7. The minimum Gasteiger partial charge on any atom is -0.457 e. The van der Waals surface area contributed by atoms with Gasteiger partial charge in [0, 0.05) is 13.0 Å². The molecule has 2 saturated heterocycles. The molecule has 11 atom stereocenters. The Morgan fingerprint density at radius 3 is 1.34 bits per heavy atom. The third-order valence-corrected chi connectivity index (χ3v) is 14.4. The van der Waals surface area contributed by atoms with Gasteiger partial charge in [-0.3, -0.25) is 4.79 Å². The molecule has 7 N–H and O–H groups in total. The molecule has 0 amide bonds. The van der Waals surface area contributed by atoms with Crippen molar-refractivity contribution in [3.8, 4) is 0 Å². The van der Waals surface area contributed by atoms with Gasteiger partial charge in [0.05, 0.1) is 26.4 Å². The molecule has 2 rings (SSSR count). The van der Waals surface area contributed by atoms with Gasteiger partial charge in [0.1, 0.15) is 54.9 Å². The number of aliphatic hydroxyl groups excluding tert-OH is 7. The fraction of sp³-hybridized carbons (Fsp3) is 0.883. The van der Waals surface area contributed by atoms with Gasteiger partial charge in [0.15, 0.2) is 12.6 Å². The van der Waals surface area contributed by atoms with E-state index in [2.05, 4.69) is 50.3 Å². The third kappa shape index (κ3) is 33.5. The third-order valence-electron chi connectivity index (χ3n) is 14.4. The molecule has 11 unspecified atom stereocenters. The first-order chi connectivity index (χ1) is 36.1. The monoisotopic (exact) mass is 1050 g/mol. The van der Waals surface area contributed by atoms with Gasteiger partial charge < -0.3 is 64.2 Å². The van der Waals surface area contributed by atoms with Crippen LogP contribution in [0, 0.1) is 0 Å². The van der Waals surface area contributed by atoms with Crippen molar-refractivity contribution in [1.29, 1.82) is 0 Å². The van der Waals surface area contributed by atoms with Gasteiger partial charge in [-0.25, -0.2) is 0 Å². The van der Waals surface area contributed by atoms with E-state index in [0.29, 0.717) is 13.0 Å². The summed E-state index contributed by atoms with van der Waals surface area (Å²) in [6, 6.07) is 0. The lowest BCUT2D eigenvalue weighted by atomic mass is 9.98. The Morgan fingerprint density at radius 1 is 0.446 bits per heavy atom. The molecule has 0 saturated carbocycles. The molecule has 2 aliphatic heterocycles. The number of carbonyl (C=O) groups excluding carboxylic acids is 1. The molecule has 434 valence electrons. The maximum atomic E-state index is 13.1. The maximum Gasteiger partial charge on any atom is 0.306 e. The van der Waals surface area contributed by atoms with Crippen LogP contribution in [0.1, 0.15) is 239 Å². The highest BCUT2D eigenvalue weighted by Gasteiger charge is 2.47. The average molecular weight is 1060 g/mol. The number of aliphatic hydroxyl groups is 7. The van der Waals surface area contributed by atoms with Crippen molar-refractivity contribution < 1.29 is 69.0 Å². The number of carbonyl (C=O) groups is 1. The number of allylic oxidation sites excluding steroid dienone is 6. The van der Waals surface area contributed by atoms with Crippen LogP contribution in [0.3, 0.4) is 0 Å². The SMILES string of the molecule is CCCCC/C=C\C/C=C\C/C=C\CCCCCCCCC(=O)OC(COCCCCCCCCCCCCCCCCCCCCCCC)COC1OC(COC2OC(CO)C(O)C(O)C2O)C(O)C(O)C1O. The summed E-state index contributed by atoms with van der Waals surface area (Å²) in [6.45, 7) is 3.69. The molecular formula is C60H110O14. The Labute approximate surface area is 449 Å². The first-order valence-electron chi connectivity index (χ1n) is 30.1. The van der Waals surface area contributed by atoms with Crippen molar-refractivity contribution in [2.45, 2.75) is 306 Å². The fourth-order valence-corrected chi connectivity index (χ4v) is 9.53. The van der Waals surface area contributed by atoms with E-state index in [1.807, 2.05) is 0 Å². The van der Waals surface area contributed by atoms with Gasteiger partial charge in [-0.15, -0.1) is 0 Å². The molecule has 0 bridgehead atoms. The van der Waals surface area contributed by atoms with Gasteiger partial charge in [-0.05, 0) is 51.4 Å². The molecule has 0 aromatic rings. The molecule has 2 fully saturated rings.